The molecule has 8 nitrogen and oxygen atoms in total. The molecule has 6 N–H and O–H groups in total. The number of carbonyl (C=O) groups is 2. The van der Waals surface area contributed by atoms with E-state index in [1.165, 1.54) is 7.11 Å². The van der Waals surface area contributed by atoms with Crippen molar-refractivity contribution < 1.29 is 29.3 Å². The molecule has 33 heavy (non-hydrogen) atoms. The van der Waals surface area contributed by atoms with Gasteiger partial charge in [-0.25, -0.2) is 0 Å². The molecule has 2 atom stereocenters. The summed E-state index contributed by atoms with van der Waals surface area (Å²) >= 11 is 4.07. The molecule has 0 aliphatic carbocycles. The summed E-state index contributed by atoms with van der Waals surface area (Å²) in [4.78, 5) is 22.8. The van der Waals surface area contributed by atoms with Crippen molar-refractivity contribution in [2.24, 2.45) is 11.5 Å². The highest BCUT2D eigenvalue weighted by molar-refractivity contribution is 14.1. The lowest BCUT2D eigenvalue weighted by Crippen LogP contribution is -2.38. The van der Waals surface area contributed by atoms with Crippen molar-refractivity contribution in [3.05, 3.63) is 54.7 Å². The standard InChI is InChI=1S/C13H19NO3.C10H11I2NO3/c1-13(2,3)17-12(16)11(14)8-9-4-6-10(15)7-5-9;1-16-10(15)8(13)4-5-2-6(11)9(14)7(12)3-5/h4-7,11,15H,8,14H2,1-3H3;2-3,8,14H,4,13H2,1H3/t11-;8-/m00/s1. The summed E-state index contributed by atoms with van der Waals surface area (Å²) in [5.74, 6) is -0.389. The number of ether oxygens (including phenoxy) is 2. The Morgan fingerprint density at radius 3 is 1.82 bits per heavy atom. The van der Waals surface area contributed by atoms with Gasteiger partial charge >= 0.3 is 11.9 Å². The lowest BCUT2D eigenvalue weighted by Gasteiger charge is -2.22. The number of phenolic OH excluding ortho intramolecular Hbond substituents is 2. The second-order valence-corrected chi connectivity index (χ2v) is 10.6. The Morgan fingerprint density at radius 2 is 1.36 bits per heavy atom. The maximum Gasteiger partial charge on any atom is 0.323 e. The van der Waals surface area contributed by atoms with E-state index in [0.717, 1.165) is 18.3 Å². The lowest BCUT2D eigenvalue weighted by molar-refractivity contribution is -0.156. The number of aromatic hydroxyl groups is 2. The predicted octanol–water partition coefficient (Wildman–Crippen LogP) is 3.25. The van der Waals surface area contributed by atoms with Crippen LogP contribution in [-0.4, -0.2) is 46.9 Å². The second-order valence-electron chi connectivity index (χ2n) is 8.25. The molecule has 182 valence electrons. The third-order valence-corrected chi connectivity index (χ3v) is 5.78. The highest BCUT2D eigenvalue weighted by Gasteiger charge is 2.22. The minimum Gasteiger partial charge on any atom is -0.508 e. The molecule has 0 saturated heterocycles. The summed E-state index contributed by atoms with van der Waals surface area (Å²) in [6, 6.07) is 8.87. The molecule has 0 fully saturated rings. The first kappa shape index (κ1) is 29.4. The molecule has 0 aromatic heterocycles. The van der Waals surface area contributed by atoms with Crippen LogP contribution in [0.1, 0.15) is 31.9 Å². The van der Waals surface area contributed by atoms with Gasteiger partial charge in [0.05, 0.1) is 14.3 Å². The van der Waals surface area contributed by atoms with Crippen molar-refractivity contribution in [2.45, 2.75) is 51.3 Å². The van der Waals surface area contributed by atoms with Crippen LogP contribution < -0.4 is 11.5 Å². The van der Waals surface area contributed by atoms with Crippen LogP contribution in [0, 0.1) is 7.14 Å². The Morgan fingerprint density at radius 1 is 0.909 bits per heavy atom. The molecular weight excluding hydrogens is 654 g/mol. The normalized spacial score (nSPS) is 12.7. The van der Waals surface area contributed by atoms with Crippen LogP contribution >= 0.6 is 45.2 Å². The summed E-state index contributed by atoms with van der Waals surface area (Å²) in [5.41, 5.74) is 12.7. The van der Waals surface area contributed by atoms with E-state index in [-0.39, 0.29) is 11.5 Å². The molecule has 10 heteroatoms. The molecule has 0 bridgehead atoms. The number of esters is 2. The third-order valence-electron chi connectivity index (χ3n) is 4.14. The van der Waals surface area contributed by atoms with Gasteiger partial charge in [0.25, 0.3) is 0 Å². The zero-order valence-corrected chi connectivity index (χ0v) is 23.3. The molecule has 0 heterocycles. The van der Waals surface area contributed by atoms with Crippen molar-refractivity contribution >= 4 is 57.1 Å². The number of rotatable bonds is 6. The van der Waals surface area contributed by atoms with E-state index in [4.69, 9.17) is 21.3 Å². The number of phenols is 2. The van der Waals surface area contributed by atoms with Gasteiger partial charge in [-0.1, -0.05) is 12.1 Å². The van der Waals surface area contributed by atoms with Crippen LogP contribution in [-0.2, 0) is 31.9 Å². The summed E-state index contributed by atoms with van der Waals surface area (Å²) in [7, 11) is 1.31. The average Bonchev–Trinajstić information content (AvgIpc) is 2.72. The molecule has 0 amide bonds. The Labute approximate surface area is 221 Å². The quantitative estimate of drug-likeness (QED) is 0.268. The molecule has 0 aliphatic heterocycles. The van der Waals surface area contributed by atoms with Gasteiger partial charge in [-0.15, -0.1) is 0 Å². The van der Waals surface area contributed by atoms with Gasteiger partial charge in [-0.3, -0.25) is 9.59 Å². The number of nitrogens with two attached hydrogens (primary N) is 2. The van der Waals surface area contributed by atoms with Crippen molar-refractivity contribution in [1.82, 2.24) is 0 Å². The Kier molecular flexibility index (Phi) is 11.8. The van der Waals surface area contributed by atoms with Crippen LogP contribution in [0.2, 0.25) is 0 Å². The van der Waals surface area contributed by atoms with Crippen molar-refractivity contribution in [2.75, 3.05) is 7.11 Å². The van der Waals surface area contributed by atoms with Gasteiger partial charge < -0.3 is 31.2 Å². The number of hydrogen-bond donors (Lipinski definition) is 4. The summed E-state index contributed by atoms with van der Waals surface area (Å²) in [6.07, 6.45) is 0.800. The fourth-order valence-corrected chi connectivity index (χ4v) is 4.47. The van der Waals surface area contributed by atoms with Crippen LogP contribution in [0.15, 0.2) is 36.4 Å². The molecule has 2 aromatic rings. The largest absolute Gasteiger partial charge is 0.508 e. The van der Waals surface area contributed by atoms with Gasteiger partial charge in [0.1, 0.15) is 29.2 Å². The molecule has 0 aliphatic rings. The van der Waals surface area contributed by atoms with E-state index in [1.807, 2.05) is 45.2 Å². The highest BCUT2D eigenvalue weighted by Crippen LogP contribution is 2.27. The molecule has 0 radical (unpaired) electrons. The van der Waals surface area contributed by atoms with E-state index in [9.17, 15) is 14.7 Å². The van der Waals surface area contributed by atoms with E-state index in [0.29, 0.717) is 12.8 Å². The van der Waals surface area contributed by atoms with E-state index >= 15 is 0 Å². The van der Waals surface area contributed by atoms with E-state index in [2.05, 4.69) is 4.74 Å². The van der Waals surface area contributed by atoms with Crippen LogP contribution in [0.4, 0.5) is 0 Å². The smallest absolute Gasteiger partial charge is 0.323 e. The van der Waals surface area contributed by atoms with Gasteiger partial charge in [0, 0.05) is 0 Å². The zero-order chi connectivity index (χ0) is 25.3. The topological polar surface area (TPSA) is 145 Å². The minimum atomic E-state index is -0.682. The number of carbonyl (C=O) groups excluding carboxylic acids is 2. The van der Waals surface area contributed by atoms with E-state index < -0.39 is 29.6 Å². The maximum atomic E-state index is 11.6. The number of halogens is 2. The van der Waals surface area contributed by atoms with Gasteiger partial charge in [0.2, 0.25) is 0 Å². The minimum absolute atomic E-state index is 0.194. The molecular formula is C23H30I2N2O6. The fraction of sp³-hybridized carbons (Fsp3) is 0.391. The van der Waals surface area contributed by atoms with Crippen molar-refractivity contribution in [1.29, 1.82) is 0 Å². The average molecular weight is 684 g/mol. The first-order valence-corrected chi connectivity index (χ1v) is 12.2. The SMILES string of the molecule is CC(C)(C)OC(=O)[C@@H](N)Cc1ccc(O)cc1.COC(=O)[C@@H](N)Cc1cc(I)c(O)c(I)c1. The predicted molar refractivity (Wildman–Crippen MR) is 143 cm³/mol. The molecule has 0 saturated carbocycles. The Balaban J connectivity index is 0.000000331. The molecule has 2 aromatic carbocycles. The Hall–Kier alpha value is -1.64. The summed E-state index contributed by atoms with van der Waals surface area (Å²) in [5, 5.41) is 18.7. The van der Waals surface area contributed by atoms with Crippen LogP contribution in [0.25, 0.3) is 0 Å². The first-order chi connectivity index (χ1) is 15.2. The van der Waals surface area contributed by atoms with Crippen molar-refractivity contribution in [3.8, 4) is 11.5 Å². The van der Waals surface area contributed by atoms with Gasteiger partial charge in [0.15, 0.2) is 0 Å². The third kappa shape index (κ3) is 10.9. The summed E-state index contributed by atoms with van der Waals surface area (Å²) in [6.45, 7) is 5.41. The molecule has 0 spiro atoms. The zero-order valence-electron chi connectivity index (χ0n) is 19.0. The molecule has 2 rings (SSSR count). The maximum absolute atomic E-state index is 11.6. The fourth-order valence-electron chi connectivity index (χ4n) is 2.57. The van der Waals surface area contributed by atoms with Gasteiger partial charge in [-0.2, -0.15) is 0 Å². The van der Waals surface area contributed by atoms with Crippen molar-refractivity contribution in [3.63, 3.8) is 0 Å². The first-order valence-electron chi connectivity index (χ1n) is 10.00. The lowest BCUT2D eigenvalue weighted by atomic mass is 10.1. The number of benzene rings is 2. The van der Waals surface area contributed by atoms with Crippen LogP contribution in [0.5, 0.6) is 11.5 Å². The Bertz CT molecular complexity index is 922. The van der Waals surface area contributed by atoms with E-state index in [1.54, 1.807) is 57.2 Å². The second kappa shape index (κ2) is 13.3. The molecule has 0 unspecified atom stereocenters. The van der Waals surface area contributed by atoms with Crippen LogP contribution in [0.3, 0.4) is 0 Å². The summed E-state index contributed by atoms with van der Waals surface area (Å²) < 4.78 is 11.2. The highest BCUT2D eigenvalue weighted by atomic mass is 127. The van der Waals surface area contributed by atoms with Gasteiger partial charge in [-0.05, 0) is 114 Å². The number of hydrogen-bond acceptors (Lipinski definition) is 8. The monoisotopic (exact) mass is 684 g/mol. The number of methoxy groups -OCH3 is 1.